The maximum Gasteiger partial charge on any atom is 0.271 e. The molecule has 140 valence electrons. The number of hydrogen-bond acceptors (Lipinski definition) is 2. The monoisotopic (exact) mass is 362 g/mol. The molecule has 4 rings (SSSR count). The third-order valence-corrected chi connectivity index (χ3v) is 5.51. The fraction of sp³-hybridized carbons (Fsp3) is 0.348. The van der Waals surface area contributed by atoms with E-state index in [-0.39, 0.29) is 11.9 Å². The lowest BCUT2D eigenvalue weighted by Gasteiger charge is -2.25. The summed E-state index contributed by atoms with van der Waals surface area (Å²) in [4.78, 5) is 15.4. The van der Waals surface area contributed by atoms with Crippen LogP contribution in [0.25, 0.3) is 10.9 Å². The zero-order valence-corrected chi connectivity index (χ0v) is 16.2. The standard InChI is InChI=1S/C23H26N2O2/c1-4-27-19-10-8-17(9-11-19)21-6-5-13-25(21)23(26)22-15-18-14-16(2)7-12-20(18)24(22)3/h7-12,14-15,21H,4-6,13H2,1-3H3. The van der Waals surface area contributed by atoms with Crippen molar-refractivity contribution in [3.8, 4) is 5.75 Å². The van der Waals surface area contributed by atoms with Gasteiger partial charge in [-0.15, -0.1) is 0 Å². The fourth-order valence-electron chi connectivity index (χ4n) is 4.13. The van der Waals surface area contributed by atoms with E-state index < -0.39 is 0 Å². The number of carbonyl (C=O) groups is 1. The summed E-state index contributed by atoms with van der Waals surface area (Å²) in [6.07, 6.45) is 2.04. The molecule has 3 aromatic rings. The number of fused-ring (bicyclic) bond motifs is 1. The van der Waals surface area contributed by atoms with Gasteiger partial charge in [-0.3, -0.25) is 4.79 Å². The second kappa shape index (κ2) is 7.10. The first-order valence-corrected chi connectivity index (χ1v) is 9.68. The van der Waals surface area contributed by atoms with Crippen LogP contribution in [0.3, 0.4) is 0 Å². The molecule has 1 atom stereocenters. The maximum absolute atomic E-state index is 13.4. The minimum Gasteiger partial charge on any atom is -0.494 e. The van der Waals surface area contributed by atoms with Gasteiger partial charge in [0.2, 0.25) is 0 Å². The molecule has 2 aromatic carbocycles. The van der Waals surface area contributed by atoms with E-state index in [1.807, 2.05) is 41.6 Å². The van der Waals surface area contributed by atoms with Crippen molar-refractivity contribution >= 4 is 16.8 Å². The highest BCUT2D eigenvalue weighted by Gasteiger charge is 2.32. The molecular weight excluding hydrogens is 336 g/mol. The van der Waals surface area contributed by atoms with Crippen LogP contribution in [0.2, 0.25) is 0 Å². The van der Waals surface area contributed by atoms with Crippen LogP contribution in [0.1, 0.15) is 47.4 Å². The van der Waals surface area contributed by atoms with Gasteiger partial charge in [0.05, 0.1) is 12.6 Å². The highest BCUT2D eigenvalue weighted by atomic mass is 16.5. The Balaban J connectivity index is 1.63. The average Bonchev–Trinajstić information content (AvgIpc) is 3.27. The number of likely N-dealkylation sites (tertiary alicyclic amines) is 1. The molecule has 2 heterocycles. The number of amides is 1. The van der Waals surface area contributed by atoms with Crippen LogP contribution in [0.4, 0.5) is 0 Å². The van der Waals surface area contributed by atoms with Crippen molar-refractivity contribution < 1.29 is 9.53 Å². The highest BCUT2D eigenvalue weighted by Crippen LogP contribution is 2.34. The smallest absolute Gasteiger partial charge is 0.271 e. The Labute approximate surface area is 160 Å². The molecule has 0 radical (unpaired) electrons. The molecule has 0 spiro atoms. The van der Waals surface area contributed by atoms with Gasteiger partial charge in [-0.05, 0) is 62.6 Å². The number of nitrogens with zero attached hydrogens (tertiary/aromatic N) is 2. The number of carbonyl (C=O) groups excluding carboxylic acids is 1. The van der Waals surface area contributed by atoms with E-state index in [0.717, 1.165) is 41.7 Å². The van der Waals surface area contributed by atoms with Gasteiger partial charge >= 0.3 is 0 Å². The van der Waals surface area contributed by atoms with Gasteiger partial charge in [-0.25, -0.2) is 0 Å². The molecule has 0 saturated carbocycles. The van der Waals surface area contributed by atoms with E-state index in [9.17, 15) is 4.79 Å². The Morgan fingerprint density at radius 1 is 1.15 bits per heavy atom. The minimum atomic E-state index is 0.114. The first kappa shape index (κ1) is 17.7. The Hall–Kier alpha value is -2.75. The molecule has 4 heteroatoms. The van der Waals surface area contributed by atoms with Crippen LogP contribution in [-0.2, 0) is 7.05 Å². The van der Waals surface area contributed by atoms with Gasteiger partial charge in [0.25, 0.3) is 5.91 Å². The number of rotatable bonds is 4. The second-order valence-corrected chi connectivity index (χ2v) is 7.31. The molecule has 1 aromatic heterocycles. The molecule has 1 fully saturated rings. The van der Waals surface area contributed by atoms with E-state index in [2.05, 4.69) is 37.3 Å². The van der Waals surface area contributed by atoms with E-state index in [1.54, 1.807) is 0 Å². The van der Waals surface area contributed by atoms with Crippen molar-refractivity contribution in [2.75, 3.05) is 13.2 Å². The molecule has 1 unspecified atom stereocenters. The highest BCUT2D eigenvalue weighted by molar-refractivity contribution is 5.99. The summed E-state index contributed by atoms with van der Waals surface area (Å²) in [6.45, 7) is 5.53. The van der Waals surface area contributed by atoms with Crippen molar-refractivity contribution in [1.29, 1.82) is 0 Å². The quantitative estimate of drug-likeness (QED) is 0.664. The number of aryl methyl sites for hydroxylation is 2. The zero-order chi connectivity index (χ0) is 19.0. The van der Waals surface area contributed by atoms with Gasteiger partial charge in [0, 0.05) is 24.5 Å². The average molecular weight is 362 g/mol. The van der Waals surface area contributed by atoms with Crippen LogP contribution in [0.15, 0.2) is 48.5 Å². The minimum absolute atomic E-state index is 0.114. The Bertz CT molecular complexity index is 972. The molecule has 1 aliphatic heterocycles. The number of ether oxygens (including phenoxy) is 1. The first-order chi connectivity index (χ1) is 13.1. The van der Waals surface area contributed by atoms with Crippen molar-refractivity contribution in [2.45, 2.75) is 32.7 Å². The lowest BCUT2D eigenvalue weighted by molar-refractivity contribution is 0.0726. The zero-order valence-electron chi connectivity index (χ0n) is 16.2. The molecule has 1 amide bonds. The Morgan fingerprint density at radius 3 is 2.67 bits per heavy atom. The summed E-state index contributed by atoms with van der Waals surface area (Å²) in [6, 6.07) is 16.7. The largest absolute Gasteiger partial charge is 0.494 e. The van der Waals surface area contributed by atoms with Crippen molar-refractivity contribution in [3.05, 3.63) is 65.4 Å². The lowest BCUT2D eigenvalue weighted by Crippen LogP contribution is -2.31. The van der Waals surface area contributed by atoms with Crippen LogP contribution < -0.4 is 4.74 Å². The predicted molar refractivity (Wildman–Crippen MR) is 108 cm³/mol. The number of aromatic nitrogens is 1. The molecule has 0 aliphatic carbocycles. The van der Waals surface area contributed by atoms with Crippen molar-refractivity contribution in [1.82, 2.24) is 9.47 Å². The fourth-order valence-corrected chi connectivity index (χ4v) is 4.13. The van der Waals surface area contributed by atoms with Gasteiger partial charge in [-0.1, -0.05) is 23.8 Å². The summed E-state index contributed by atoms with van der Waals surface area (Å²) >= 11 is 0. The third-order valence-electron chi connectivity index (χ3n) is 5.51. The second-order valence-electron chi connectivity index (χ2n) is 7.31. The molecule has 0 N–H and O–H groups in total. The molecule has 1 aliphatic rings. The Morgan fingerprint density at radius 2 is 1.93 bits per heavy atom. The first-order valence-electron chi connectivity index (χ1n) is 9.68. The van der Waals surface area contributed by atoms with Crippen molar-refractivity contribution in [2.24, 2.45) is 7.05 Å². The van der Waals surface area contributed by atoms with Crippen LogP contribution in [0, 0.1) is 6.92 Å². The van der Waals surface area contributed by atoms with E-state index in [1.165, 1.54) is 11.1 Å². The SMILES string of the molecule is CCOc1ccc(C2CCCN2C(=O)c2cc3cc(C)ccc3n2C)cc1. The van der Waals surface area contributed by atoms with Gasteiger partial charge in [-0.2, -0.15) is 0 Å². The van der Waals surface area contributed by atoms with Crippen LogP contribution in [-0.4, -0.2) is 28.5 Å². The predicted octanol–water partition coefficient (Wildman–Crippen LogP) is 4.86. The molecule has 4 nitrogen and oxygen atoms in total. The topological polar surface area (TPSA) is 34.5 Å². The molecule has 1 saturated heterocycles. The van der Waals surface area contributed by atoms with Gasteiger partial charge in [0.15, 0.2) is 0 Å². The van der Waals surface area contributed by atoms with Crippen LogP contribution in [0.5, 0.6) is 5.75 Å². The van der Waals surface area contributed by atoms with Crippen molar-refractivity contribution in [3.63, 3.8) is 0 Å². The summed E-state index contributed by atoms with van der Waals surface area (Å²) in [7, 11) is 1.98. The van der Waals surface area contributed by atoms with E-state index >= 15 is 0 Å². The van der Waals surface area contributed by atoms with E-state index in [0.29, 0.717) is 6.61 Å². The summed E-state index contributed by atoms with van der Waals surface area (Å²) in [5.41, 5.74) is 4.24. The number of hydrogen-bond donors (Lipinski definition) is 0. The molecule has 27 heavy (non-hydrogen) atoms. The normalized spacial score (nSPS) is 16.9. The van der Waals surface area contributed by atoms with E-state index in [4.69, 9.17) is 4.74 Å². The van der Waals surface area contributed by atoms with Crippen LogP contribution >= 0.6 is 0 Å². The van der Waals surface area contributed by atoms with Gasteiger partial charge < -0.3 is 14.2 Å². The third kappa shape index (κ3) is 3.20. The summed E-state index contributed by atoms with van der Waals surface area (Å²) < 4.78 is 7.56. The number of benzene rings is 2. The molecular formula is C23H26N2O2. The lowest BCUT2D eigenvalue weighted by atomic mass is 10.0. The summed E-state index contributed by atoms with van der Waals surface area (Å²) in [5.74, 6) is 0.990. The van der Waals surface area contributed by atoms with Gasteiger partial charge in [0.1, 0.15) is 11.4 Å². The Kier molecular flexibility index (Phi) is 4.65. The maximum atomic E-state index is 13.4. The molecule has 0 bridgehead atoms. The summed E-state index contributed by atoms with van der Waals surface area (Å²) in [5, 5.41) is 1.12.